The molecule has 2 atom stereocenters. The fraction of sp³-hybridized carbons (Fsp3) is 0.355. The molecule has 43 heavy (non-hydrogen) atoms. The lowest BCUT2D eigenvalue weighted by Gasteiger charge is -2.35. The summed E-state index contributed by atoms with van der Waals surface area (Å²) in [6.45, 7) is 5.82. The Morgan fingerprint density at radius 2 is 1.98 bits per heavy atom. The first-order valence-electron chi connectivity index (χ1n) is 13.9. The van der Waals surface area contributed by atoms with Crippen LogP contribution in [0.25, 0.3) is 5.70 Å². The normalized spacial score (nSPS) is 18.7. The summed E-state index contributed by atoms with van der Waals surface area (Å²) >= 11 is 0. The van der Waals surface area contributed by atoms with Gasteiger partial charge in [0, 0.05) is 66.6 Å². The van der Waals surface area contributed by atoms with Gasteiger partial charge in [0.2, 0.25) is 0 Å². The summed E-state index contributed by atoms with van der Waals surface area (Å²) < 4.78 is 43.4. The summed E-state index contributed by atoms with van der Waals surface area (Å²) in [6.07, 6.45) is 4.99. The predicted octanol–water partition coefficient (Wildman–Crippen LogP) is 3.84. The zero-order valence-electron chi connectivity index (χ0n) is 24.3. The van der Waals surface area contributed by atoms with Gasteiger partial charge in [0.1, 0.15) is 0 Å². The number of alkyl halides is 3. The number of carbonyl (C=O) groups excluding carboxylic acids is 1. The van der Waals surface area contributed by atoms with E-state index in [4.69, 9.17) is 18.0 Å². The Labute approximate surface area is 248 Å². The van der Waals surface area contributed by atoms with Crippen LogP contribution in [0.15, 0.2) is 48.8 Å². The number of nitrogens with one attached hydrogen (secondary N) is 1. The molecule has 2 aromatic carbocycles. The second-order valence-corrected chi connectivity index (χ2v) is 11.2. The van der Waals surface area contributed by atoms with E-state index in [-0.39, 0.29) is 29.9 Å². The number of rotatable bonds is 8. The zero-order valence-corrected chi connectivity index (χ0v) is 24.3. The number of aromatic nitrogens is 2. The van der Waals surface area contributed by atoms with Crippen LogP contribution in [-0.2, 0) is 19.8 Å². The zero-order chi connectivity index (χ0) is 31.1. The number of nitrogens with two attached hydrogens (primary N) is 2. The lowest BCUT2D eigenvalue weighted by Crippen LogP contribution is -2.46. The molecule has 0 saturated carbocycles. The van der Waals surface area contributed by atoms with Crippen LogP contribution in [0.1, 0.15) is 44.7 Å². The highest BCUT2D eigenvalue weighted by atomic mass is 19.4. The molecule has 2 unspecified atom stereocenters. The first-order valence-corrected chi connectivity index (χ1v) is 13.9. The summed E-state index contributed by atoms with van der Waals surface area (Å²) in [7, 11) is 1.82. The van der Waals surface area contributed by atoms with Gasteiger partial charge in [0.25, 0.3) is 5.91 Å². The second kappa shape index (κ2) is 11.7. The highest BCUT2D eigenvalue weighted by Gasteiger charge is 2.43. The maximum absolute atomic E-state index is 13.9. The second-order valence-electron chi connectivity index (χ2n) is 11.2. The maximum atomic E-state index is 13.9. The summed E-state index contributed by atoms with van der Waals surface area (Å²) in [5.41, 5.74) is 9.94. The minimum absolute atomic E-state index is 0.0643. The van der Waals surface area contributed by atoms with E-state index >= 15 is 0 Å². The van der Waals surface area contributed by atoms with Gasteiger partial charge in [-0.05, 0) is 61.7 Å². The quantitative estimate of drug-likeness (QED) is 0.207. The first kappa shape index (κ1) is 30.0. The third-order valence-electron chi connectivity index (χ3n) is 8.30. The molecular formula is C31H35F3N8O. The highest BCUT2D eigenvalue weighted by molar-refractivity contribution is 6.04. The molecular weight excluding hydrogens is 557 g/mol. The predicted molar refractivity (Wildman–Crippen MR) is 160 cm³/mol. The fourth-order valence-corrected chi connectivity index (χ4v) is 5.85. The summed E-state index contributed by atoms with van der Waals surface area (Å²) in [4.78, 5) is 17.4. The molecule has 2 aliphatic heterocycles. The van der Waals surface area contributed by atoms with Crippen molar-refractivity contribution in [2.75, 3.05) is 29.9 Å². The Balaban J connectivity index is 1.34. The molecule has 0 aliphatic carbocycles. The average molecular weight is 593 g/mol. The van der Waals surface area contributed by atoms with Crippen molar-refractivity contribution in [3.63, 3.8) is 0 Å². The van der Waals surface area contributed by atoms with Crippen molar-refractivity contribution in [3.05, 3.63) is 82.3 Å². The SMILES string of the molecule is C#CCN1CC2CC1CN2c1cc(NC(=O)c2ccc(C)c(CN(N)/C=C(\N)c3cnn(C)c3C)c2)cc(C(F)(F)F)c1. The number of carbonyl (C=O) groups is 1. The number of hydrazine groups is 1. The van der Waals surface area contributed by atoms with Gasteiger partial charge in [-0.3, -0.25) is 14.4 Å². The van der Waals surface area contributed by atoms with Gasteiger partial charge < -0.3 is 21.0 Å². The molecule has 2 aliphatic rings. The minimum Gasteiger partial charge on any atom is -0.397 e. The van der Waals surface area contributed by atoms with Crippen LogP contribution < -0.4 is 21.8 Å². The minimum atomic E-state index is -4.57. The number of amides is 1. The van der Waals surface area contributed by atoms with E-state index in [1.165, 1.54) is 5.01 Å². The van der Waals surface area contributed by atoms with Crippen LogP contribution in [-0.4, -0.2) is 57.3 Å². The number of hydrogen-bond donors (Lipinski definition) is 3. The third-order valence-corrected chi connectivity index (χ3v) is 8.30. The van der Waals surface area contributed by atoms with Gasteiger partial charge in [-0.1, -0.05) is 12.0 Å². The Hall–Kier alpha value is -4.47. The lowest BCUT2D eigenvalue weighted by atomic mass is 10.0. The van der Waals surface area contributed by atoms with Crippen LogP contribution in [0.2, 0.25) is 0 Å². The summed E-state index contributed by atoms with van der Waals surface area (Å²) in [6, 6.07) is 9.05. The molecule has 3 aromatic rings. The van der Waals surface area contributed by atoms with E-state index in [1.54, 1.807) is 41.3 Å². The number of aryl methyl sites for hydroxylation is 2. The van der Waals surface area contributed by atoms with Gasteiger partial charge in [0.15, 0.2) is 0 Å². The molecule has 1 aromatic heterocycles. The Morgan fingerprint density at radius 3 is 2.60 bits per heavy atom. The molecule has 5 N–H and O–H groups in total. The van der Waals surface area contributed by atoms with Gasteiger partial charge in [-0.2, -0.15) is 18.3 Å². The molecule has 1 amide bonds. The molecule has 12 heteroatoms. The number of nitrogens with zero attached hydrogens (tertiary/aromatic N) is 5. The Kier molecular flexibility index (Phi) is 8.14. The van der Waals surface area contributed by atoms with E-state index in [9.17, 15) is 18.0 Å². The van der Waals surface area contributed by atoms with Crippen molar-refractivity contribution in [3.8, 4) is 12.3 Å². The molecule has 2 fully saturated rings. The van der Waals surface area contributed by atoms with E-state index in [2.05, 4.69) is 21.2 Å². The number of likely N-dealkylation sites (tertiary alicyclic amines) is 1. The third kappa shape index (κ3) is 6.33. The monoisotopic (exact) mass is 592 g/mol. The van der Waals surface area contributed by atoms with Crippen molar-refractivity contribution in [1.82, 2.24) is 19.7 Å². The standard InChI is InChI=1S/C31H35F3N8O/c1-5-8-40-16-27-13-26(40)17-42(27)25-11-23(31(32,33)34)10-24(12-25)38-30(43)21-7-6-19(2)22(9-21)15-41(36)18-29(35)28-14-37-39(4)20(28)3/h1,6-7,9-12,14,18,26-27H,8,13,15-17,35-36H2,2-4H3,(H,38,43)/b29-18-. The van der Waals surface area contributed by atoms with Crippen molar-refractivity contribution in [1.29, 1.82) is 0 Å². The molecule has 9 nitrogen and oxygen atoms in total. The van der Waals surface area contributed by atoms with Gasteiger partial charge >= 0.3 is 6.18 Å². The summed E-state index contributed by atoms with van der Waals surface area (Å²) in [5.74, 6) is 8.35. The maximum Gasteiger partial charge on any atom is 0.416 e. The number of hydrogen-bond acceptors (Lipinski definition) is 7. The lowest BCUT2D eigenvalue weighted by molar-refractivity contribution is -0.137. The number of fused-ring (bicyclic) bond motifs is 2. The number of benzene rings is 2. The van der Waals surface area contributed by atoms with Gasteiger partial charge in [-0.15, -0.1) is 6.42 Å². The van der Waals surface area contributed by atoms with Crippen LogP contribution in [0.5, 0.6) is 0 Å². The summed E-state index contributed by atoms with van der Waals surface area (Å²) in [5, 5.41) is 8.29. The van der Waals surface area contributed by atoms with Crippen LogP contribution >= 0.6 is 0 Å². The number of piperazine rings is 1. The van der Waals surface area contributed by atoms with Crippen LogP contribution in [0.3, 0.4) is 0 Å². The molecule has 0 radical (unpaired) electrons. The van der Waals surface area contributed by atoms with Crippen LogP contribution in [0, 0.1) is 26.2 Å². The van der Waals surface area contributed by atoms with Crippen LogP contribution in [0.4, 0.5) is 24.5 Å². The number of halogens is 3. The average Bonchev–Trinajstić information content (AvgIpc) is 3.64. The highest BCUT2D eigenvalue weighted by Crippen LogP contribution is 2.39. The van der Waals surface area contributed by atoms with Crippen molar-refractivity contribution < 1.29 is 18.0 Å². The van der Waals surface area contributed by atoms with E-state index < -0.39 is 17.6 Å². The van der Waals surface area contributed by atoms with E-state index in [0.29, 0.717) is 31.0 Å². The van der Waals surface area contributed by atoms with Crippen molar-refractivity contribution in [2.45, 2.75) is 45.1 Å². The molecule has 0 spiro atoms. The van der Waals surface area contributed by atoms with E-state index in [1.807, 2.05) is 25.8 Å². The molecule has 2 bridgehead atoms. The topological polar surface area (TPSA) is 109 Å². The number of anilines is 2. The van der Waals surface area contributed by atoms with Gasteiger partial charge in [0.05, 0.1) is 30.5 Å². The van der Waals surface area contributed by atoms with E-state index in [0.717, 1.165) is 40.9 Å². The largest absolute Gasteiger partial charge is 0.416 e. The molecule has 2 saturated heterocycles. The Bertz CT molecular complexity index is 1610. The smallest absolute Gasteiger partial charge is 0.397 e. The Morgan fingerprint density at radius 1 is 1.21 bits per heavy atom. The fourth-order valence-electron chi connectivity index (χ4n) is 5.85. The molecule has 5 rings (SSSR count). The van der Waals surface area contributed by atoms with Crippen molar-refractivity contribution >= 4 is 23.0 Å². The molecule has 3 heterocycles. The number of terminal acetylenes is 1. The first-order chi connectivity index (χ1) is 20.3. The van der Waals surface area contributed by atoms with Gasteiger partial charge in [-0.25, -0.2) is 5.84 Å². The van der Waals surface area contributed by atoms with Crippen molar-refractivity contribution in [2.24, 2.45) is 18.6 Å². The molecule has 226 valence electrons.